The first-order valence-electron chi connectivity index (χ1n) is 12.7. The van der Waals surface area contributed by atoms with Gasteiger partial charge in [0.25, 0.3) is 5.91 Å². The molecule has 38 heavy (non-hydrogen) atoms. The van der Waals surface area contributed by atoms with E-state index in [1.165, 1.54) is 17.3 Å². The summed E-state index contributed by atoms with van der Waals surface area (Å²) in [6, 6.07) is -1.05. The summed E-state index contributed by atoms with van der Waals surface area (Å²) < 4.78 is 44.1. The molecule has 2 fully saturated rings. The molecule has 208 valence electrons. The van der Waals surface area contributed by atoms with E-state index in [4.69, 9.17) is 23.2 Å². The number of amides is 1. The largest absolute Gasteiger partial charge is 0.481 e. The van der Waals surface area contributed by atoms with Crippen LogP contribution in [0.4, 0.5) is 13.2 Å². The van der Waals surface area contributed by atoms with Crippen LogP contribution in [0.15, 0.2) is 18.6 Å². The van der Waals surface area contributed by atoms with Crippen LogP contribution < -0.4 is 0 Å². The van der Waals surface area contributed by atoms with E-state index in [0.29, 0.717) is 35.0 Å². The van der Waals surface area contributed by atoms with Crippen LogP contribution in [0, 0.1) is 17.3 Å². The van der Waals surface area contributed by atoms with Crippen molar-refractivity contribution in [3.63, 3.8) is 0 Å². The van der Waals surface area contributed by atoms with E-state index in [-0.39, 0.29) is 37.5 Å². The number of nitrogens with zero attached hydrogens (tertiary/aromatic N) is 4. The highest BCUT2D eigenvalue weighted by Crippen LogP contribution is 2.44. The van der Waals surface area contributed by atoms with Crippen molar-refractivity contribution in [3.05, 3.63) is 45.5 Å². The zero-order valence-corrected chi connectivity index (χ0v) is 22.9. The minimum absolute atomic E-state index is 0.0970. The zero-order valence-electron chi connectivity index (χ0n) is 21.4. The van der Waals surface area contributed by atoms with Crippen molar-refractivity contribution in [3.8, 4) is 0 Å². The van der Waals surface area contributed by atoms with Crippen LogP contribution in [0.1, 0.15) is 80.5 Å². The summed E-state index contributed by atoms with van der Waals surface area (Å²) in [5.41, 5.74) is -1.96. The van der Waals surface area contributed by atoms with E-state index in [1.54, 1.807) is 6.92 Å². The van der Waals surface area contributed by atoms with E-state index in [9.17, 15) is 27.9 Å². The second-order valence-electron chi connectivity index (χ2n) is 11.1. The Hall–Kier alpha value is -2.33. The molecular formula is C26H31Cl2F3N4O3. The summed E-state index contributed by atoms with van der Waals surface area (Å²) in [4.78, 5) is 30.8. The second-order valence-corrected chi connectivity index (χ2v) is 11.9. The summed E-state index contributed by atoms with van der Waals surface area (Å²) in [6.45, 7) is 5.96. The van der Waals surface area contributed by atoms with E-state index in [2.05, 4.69) is 10.1 Å². The normalized spacial score (nSPS) is 26.2. The van der Waals surface area contributed by atoms with Crippen LogP contribution in [0.25, 0.3) is 0 Å². The number of pyridine rings is 1. The Balaban J connectivity index is 1.66. The molecule has 1 aliphatic heterocycles. The van der Waals surface area contributed by atoms with Gasteiger partial charge >= 0.3 is 12.1 Å². The minimum atomic E-state index is -4.82. The monoisotopic (exact) mass is 574 g/mol. The number of carboxylic acids is 1. The first-order chi connectivity index (χ1) is 17.7. The highest BCUT2D eigenvalue weighted by Gasteiger charge is 2.46. The van der Waals surface area contributed by atoms with Crippen molar-refractivity contribution in [1.82, 2.24) is 19.7 Å². The summed E-state index contributed by atoms with van der Waals surface area (Å²) >= 11 is 12.6. The topological polar surface area (TPSA) is 88.3 Å². The lowest BCUT2D eigenvalue weighted by Crippen LogP contribution is -2.38. The lowest BCUT2D eigenvalue weighted by atomic mass is 9.74. The standard InChI is InChI=1S/C26H31Cl2F3N4O3/c1-14(2)15-8-17(9-18-20(27)11-32-12-21(18)28)34(13-15)23(36)19-10-33-35(22(19)26(29,30)31)16-4-6-25(3,7-5-16)24(37)38/h10-12,14-17H,4-9,13H2,1-3H3,(H,37,38)/t15-,16?,17?,25?/m0/s1. The Morgan fingerprint density at radius 2 is 1.76 bits per heavy atom. The molecule has 2 aromatic rings. The number of rotatable bonds is 6. The molecule has 0 aromatic carbocycles. The molecule has 1 saturated heterocycles. The third-order valence-corrected chi connectivity index (χ3v) is 8.91. The molecule has 1 unspecified atom stereocenters. The average Bonchev–Trinajstić information content (AvgIpc) is 3.47. The fourth-order valence-electron chi connectivity index (χ4n) is 5.68. The number of halogens is 5. The van der Waals surface area contributed by atoms with Gasteiger partial charge in [-0.2, -0.15) is 18.3 Å². The Labute approximate surface area is 229 Å². The summed E-state index contributed by atoms with van der Waals surface area (Å²) in [5, 5.41) is 14.2. The maximum atomic E-state index is 14.4. The summed E-state index contributed by atoms with van der Waals surface area (Å²) in [5.74, 6) is -1.38. The molecule has 2 atom stereocenters. The van der Waals surface area contributed by atoms with Crippen LogP contribution in [0.5, 0.6) is 0 Å². The molecule has 0 radical (unpaired) electrons. The van der Waals surface area contributed by atoms with Crippen LogP contribution in [-0.4, -0.2) is 49.2 Å². The Morgan fingerprint density at radius 3 is 2.29 bits per heavy atom. The maximum absolute atomic E-state index is 14.4. The molecule has 1 aliphatic carbocycles. The molecule has 3 heterocycles. The third-order valence-electron chi connectivity index (χ3n) is 8.26. The van der Waals surface area contributed by atoms with E-state index in [0.717, 1.165) is 10.9 Å². The number of likely N-dealkylation sites (tertiary alicyclic amines) is 1. The molecule has 1 amide bonds. The van der Waals surface area contributed by atoms with E-state index >= 15 is 0 Å². The molecule has 0 spiro atoms. The van der Waals surface area contributed by atoms with Crippen molar-refractivity contribution in [2.24, 2.45) is 17.3 Å². The Morgan fingerprint density at radius 1 is 1.16 bits per heavy atom. The molecule has 2 aromatic heterocycles. The number of carbonyl (C=O) groups is 2. The first-order valence-corrected chi connectivity index (χ1v) is 13.5. The predicted molar refractivity (Wildman–Crippen MR) is 136 cm³/mol. The predicted octanol–water partition coefficient (Wildman–Crippen LogP) is 6.54. The smallest absolute Gasteiger partial charge is 0.433 e. The average molecular weight is 575 g/mol. The first kappa shape index (κ1) is 28.7. The highest BCUT2D eigenvalue weighted by molar-refractivity contribution is 6.35. The maximum Gasteiger partial charge on any atom is 0.433 e. The van der Waals surface area contributed by atoms with Gasteiger partial charge in [-0.05, 0) is 62.8 Å². The minimum Gasteiger partial charge on any atom is -0.481 e. The summed E-state index contributed by atoms with van der Waals surface area (Å²) in [6.07, 6.45) is 0.886. The lowest BCUT2D eigenvalue weighted by Gasteiger charge is -2.34. The van der Waals surface area contributed by atoms with Crippen molar-refractivity contribution >= 4 is 35.1 Å². The lowest BCUT2D eigenvalue weighted by molar-refractivity contribution is -0.152. The highest BCUT2D eigenvalue weighted by atomic mass is 35.5. The number of aliphatic carboxylic acids is 1. The second kappa shape index (κ2) is 10.7. The molecule has 0 bridgehead atoms. The van der Waals surface area contributed by atoms with E-state index < -0.39 is 46.8 Å². The Kier molecular flexibility index (Phi) is 8.06. The van der Waals surface area contributed by atoms with Crippen LogP contribution in [-0.2, 0) is 17.4 Å². The van der Waals surface area contributed by atoms with Crippen LogP contribution >= 0.6 is 23.2 Å². The van der Waals surface area contributed by atoms with Gasteiger partial charge in [0.15, 0.2) is 5.69 Å². The van der Waals surface area contributed by atoms with Gasteiger partial charge < -0.3 is 10.0 Å². The number of carbonyl (C=O) groups excluding carboxylic acids is 1. The van der Waals surface area contributed by atoms with Gasteiger partial charge in [0.1, 0.15) is 0 Å². The number of hydrogen-bond donors (Lipinski definition) is 1. The van der Waals surface area contributed by atoms with Gasteiger partial charge in [0.05, 0.1) is 33.3 Å². The molecule has 1 saturated carbocycles. The molecule has 1 N–H and O–H groups in total. The number of carboxylic acid groups (broad SMARTS) is 1. The quantitative estimate of drug-likeness (QED) is 0.423. The van der Waals surface area contributed by atoms with Crippen LogP contribution in [0.3, 0.4) is 0 Å². The molecular weight excluding hydrogens is 544 g/mol. The fourth-order valence-corrected chi connectivity index (χ4v) is 6.20. The van der Waals surface area contributed by atoms with Gasteiger partial charge in [-0.3, -0.25) is 19.3 Å². The van der Waals surface area contributed by atoms with Crippen molar-refractivity contribution in [2.75, 3.05) is 6.54 Å². The molecule has 7 nitrogen and oxygen atoms in total. The van der Waals surface area contributed by atoms with Gasteiger partial charge in [0, 0.05) is 25.0 Å². The Bertz CT molecular complexity index is 1190. The fraction of sp³-hybridized carbons (Fsp3) is 0.615. The number of hydrogen-bond acceptors (Lipinski definition) is 4. The van der Waals surface area contributed by atoms with Gasteiger partial charge in [-0.25, -0.2) is 0 Å². The molecule has 2 aliphatic rings. The van der Waals surface area contributed by atoms with Gasteiger partial charge in [0.2, 0.25) is 0 Å². The zero-order chi connectivity index (χ0) is 28.0. The molecule has 4 rings (SSSR count). The van der Waals surface area contributed by atoms with Gasteiger partial charge in [-0.1, -0.05) is 37.0 Å². The SMILES string of the molecule is CC(C)[C@H]1CC(Cc2c(Cl)cncc2Cl)N(C(=O)c2cnn(C3CCC(C)(C(=O)O)CC3)c2C(F)(F)F)C1. The van der Waals surface area contributed by atoms with Crippen molar-refractivity contribution in [1.29, 1.82) is 0 Å². The number of alkyl halides is 3. The molecule has 12 heteroatoms. The van der Waals surface area contributed by atoms with E-state index in [1.807, 2.05) is 13.8 Å². The summed E-state index contributed by atoms with van der Waals surface area (Å²) in [7, 11) is 0. The van der Waals surface area contributed by atoms with Crippen molar-refractivity contribution in [2.45, 2.75) is 77.6 Å². The van der Waals surface area contributed by atoms with Crippen LogP contribution in [0.2, 0.25) is 10.0 Å². The van der Waals surface area contributed by atoms with Gasteiger partial charge in [-0.15, -0.1) is 0 Å². The number of aromatic nitrogens is 3. The third kappa shape index (κ3) is 5.52. The van der Waals surface area contributed by atoms with Crippen molar-refractivity contribution < 1.29 is 27.9 Å².